The van der Waals surface area contributed by atoms with Gasteiger partial charge in [0.2, 0.25) is 0 Å². The summed E-state index contributed by atoms with van der Waals surface area (Å²) in [6, 6.07) is 17.5. The fraction of sp³-hybridized carbons (Fsp3) is 0.478. The molecule has 0 amide bonds. The summed E-state index contributed by atoms with van der Waals surface area (Å²) < 4.78 is 6.76. The van der Waals surface area contributed by atoms with Gasteiger partial charge in [-0.1, -0.05) is 30.7 Å². The maximum atomic E-state index is 9.38. The van der Waals surface area contributed by atoms with Gasteiger partial charge in [0.05, 0.1) is 0 Å². The average molecular weight is 417 g/mol. The lowest BCUT2D eigenvalue weighted by atomic mass is 10.1. The van der Waals surface area contributed by atoms with E-state index in [-0.39, 0.29) is 0 Å². The number of aromatic hydroxyl groups is 2. The summed E-state index contributed by atoms with van der Waals surface area (Å²) in [5.74, 6) is 0.670. The molecular formula is C23H36O3Si2. The van der Waals surface area contributed by atoms with E-state index in [1.54, 1.807) is 24.3 Å². The molecule has 2 N–H and O–H groups in total. The number of rotatable bonds is 11. The SMILES string of the molecule is C[Si](C)(CCCCc1ccc(O)cc1)O[Si](C)(C)CCCc1ccc(O)cc1. The molecule has 2 rings (SSSR count). The smallest absolute Gasteiger partial charge is 0.173 e. The summed E-state index contributed by atoms with van der Waals surface area (Å²) in [5.41, 5.74) is 2.58. The van der Waals surface area contributed by atoms with Crippen LogP contribution in [0.25, 0.3) is 0 Å². The number of phenols is 2. The van der Waals surface area contributed by atoms with Gasteiger partial charge in [0.1, 0.15) is 11.5 Å². The van der Waals surface area contributed by atoms with E-state index in [0.29, 0.717) is 11.5 Å². The zero-order valence-electron chi connectivity index (χ0n) is 17.9. The minimum Gasteiger partial charge on any atom is -0.508 e. The monoisotopic (exact) mass is 416 g/mol. The van der Waals surface area contributed by atoms with Crippen LogP contribution in [0, 0.1) is 0 Å². The van der Waals surface area contributed by atoms with Crippen LogP contribution in [0.4, 0.5) is 0 Å². The van der Waals surface area contributed by atoms with Crippen LogP contribution in [-0.4, -0.2) is 26.8 Å². The second-order valence-corrected chi connectivity index (χ2v) is 17.9. The van der Waals surface area contributed by atoms with Gasteiger partial charge >= 0.3 is 0 Å². The van der Waals surface area contributed by atoms with Gasteiger partial charge in [-0.2, -0.15) is 0 Å². The lowest BCUT2D eigenvalue weighted by molar-refractivity contribution is 0.474. The molecule has 0 fully saturated rings. The van der Waals surface area contributed by atoms with E-state index in [4.69, 9.17) is 4.12 Å². The molecule has 5 heteroatoms. The first-order valence-electron chi connectivity index (χ1n) is 10.4. The van der Waals surface area contributed by atoms with Gasteiger partial charge < -0.3 is 14.3 Å². The highest BCUT2D eigenvalue weighted by Crippen LogP contribution is 2.25. The van der Waals surface area contributed by atoms with E-state index < -0.39 is 16.6 Å². The van der Waals surface area contributed by atoms with Crippen molar-refractivity contribution < 1.29 is 14.3 Å². The lowest BCUT2D eigenvalue weighted by Gasteiger charge is -2.34. The minimum atomic E-state index is -1.65. The Morgan fingerprint density at radius 2 is 1.00 bits per heavy atom. The molecule has 0 unspecified atom stereocenters. The molecule has 0 spiro atoms. The van der Waals surface area contributed by atoms with Crippen LogP contribution in [-0.2, 0) is 17.0 Å². The van der Waals surface area contributed by atoms with E-state index in [1.165, 1.54) is 36.1 Å². The number of hydrogen-bond donors (Lipinski definition) is 2. The molecule has 3 nitrogen and oxygen atoms in total. The minimum absolute atomic E-state index is 0.333. The molecule has 0 radical (unpaired) electrons. The van der Waals surface area contributed by atoms with Crippen molar-refractivity contribution in [1.82, 2.24) is 0 Å². The molecule has 0 saturated carbocycles. The first kappa shape index (κ1) is 22.7. The number of hydrogen-bond acceptors (Lipinski definition) is 3. The van der Waals surface area contributed by atoms with Crippen molar-refractivity contribution in [2.75, 3.05) is 0 Å². The van der Waals surface area contributed by atoms with Crippen molar-refractivity contribution in [3.63, 3.8) is 0 Å². The van der Waals surface area contributed by atoms with Gasteiger partial charge in [-0.15, -0.1) is 0 Å². The number of aryl methyl sites for hydroxylation is 2. The molecule has 0 aliphatic rings. The van der Waals surface area contributed by atoms with Crippen LogP contribution in [0.1, 0.15) is 30.4 Å². The summed E-state index contributed by atoms with van der Waals surface area (Å²) in [4.78, 5) is 0. The highest BCUT2D eigenvalue weighted by atomic mass is 28.4. The van der Waals surface area contributed by atoms with Crippen LogP contribution in [0.5, 0.6) is 11.5 Å². The van der Waals surface area contributed by atoms with Crippen molar-refractivity contribution in [3.8, 4) is 11.5 Å². The topological polar surface area (TPSA) is 49.7 Å². The van der Waals surface area contributed by atoms with Gasteiger partial charge in [-0.3, -0.25) is 0 Å². The van der Waals surface area contributed by atoms with Crippen molar-refractivity contribution >= 4 is 16.6 Å². The third kappa shape index (κ3) is 8.63. The van der Waals surface area contributed by atoms with E-state index in [0.717, 1.165) is 19.3 Å². The molecule has 0 heterocycles. The molecule has 0 atom stereocenters. The predicted molar refractivity (Wildman–Crippen MR) is 123 cm³/mol. The first-order valence-corrected chi connectivity index (χ1v) is 16.6. The maximum absolute atomic E-state index is 9.38. The Labute approximate surface area is 172 Å². The zero-order valence-corrected chi connectivity index (χ0v) is 19.9. The Morgan fingerprint density at radius 1 is 0.607 bits per heavy atom. The number of unbranched alkanes of at least 4 members (excludes halogenated alkanes) is 1. The standard InChI is InChI=1S/C23H36O3Si2/c1-27(2,18-6-5-8-20-10-14-22(24)15-11-20)26-28(3,4)19-7-9-21-12-16-23(25)17-13-21/h10-17,24-25H,5-9,18-19H2,1-4H3. The third-order valence-corrected chi connectivity index (χ3v) is 12.7. The quantitative estimate of drug-likeness (QED) is 0.325. The summed E-state index contributed by atoms with van der Waals surface area (Å²) in [6.45, 7) is 9.44. The molecular weight excluding hydrogens is 380 g/mol. The Bertz CT molecular complexity index is 710. The maximum Gasteiger partial charge on any atom is 0.173 e. The summed E-state index contributed by atoms with van der Waals surface area (Å²) in [7, 11) is -3.28. The van der Waals surface area contributed by atoms with Crippen LogP contribution in [0.15, 0.2) is 48.5 Å². The van der Waals surface area contributed by atoms with Crippen LogP contribution in [0.2, 0.25) is 38.3 Å². The van der Waals surface area contributed by atoms with E-state index in [9.17, 15) is 10.2 Å². The molecule has 0 bridgehead atoms. The zero-order chi connectivity index (χ0) is 20.6. The molecule has 0 aliphatic heterocycles. The van der Waals surface area contributed by atoms with Crippen molar-refractivity contribution in [1.29, 1.82) is 0 Å². The molecule has 154 valence electrons. The second kappa shape index (κ2) is 10.3. The lowest BCUT2D eigenvalue weighted by Crippen LogP contribution is -2.44. The molecule has 2 aromatic rings. The van der Waals surface area contributed by atoms with Crippen molar-refractivity contribution in [2.24, 2.45) is 0 Å². The Balaban J connectivity index is 1.69. The number of benzene rings is 2. The van der Waals surface area contributed by atoms with Gasteiger partial charge in [-0.05, 0) is 99.4 Å². The second-order valence-electron chi connectivity index (χ2n) is 9.02. The molecule has 0 aromatic heterocycles. The summed E-state index contributed by atoms with van der Waals surface area (Å²) >= 11 is 0. The van der Waals surface area contributed by atoms with Crippen molar-refractivity contribution in [3.05, 3.63) is 59.7 Å². The third-order valence-electron chi connectivity index (χ3n) is 5.16. The van der Waals surface area contributed by atoms with Crippen LogP contribution >= 0.6 is 0 Å². The molecule has 0 saturated heterocycles. The van der Waals surface area contributed by atoms with Crippen molar-refractivity contribution in [2.45, 2.75) is 70.4 Å². The van der Waals surface area contributed by atoms with Gasteiger partial charge in [0.15, 0.2) is 16.6 Å². The highest BCUT2D eigenvalue weighted by molar-refractivity contribution is 6.84. The van der Waals surface area contributed by atoms with E-state index in [2.05, 4.69) is 26.2 Å². The Hall–Kier alpha value is -1.57. The summed E-state index contributed by atoms with van der Waals surface area (Å²) in [5, 5.41) is 18.7. The summed E-state index contributed by atoms with van der Waals surface area (Å²) in [6.07, 6.45) is 5.65. The van der Waals surface area contributed by atoms with Gasteiger partial charge in [0.25, 0.3) is 0 Å². The van der Waals surface area contributed by atoms with Crippen LogP contribution < -0.4 is 0 Å². The van der Waals surface area contributed by atoms with Gasteiger partial charge in [-0.25, -0.2) is 0 Å². The fourth-order valence-corrected chi connectivity index (χ4v) is 12.7. The Morgan fingerprint density at radius 3 is 1.46 bits per heavy atom. The van der Waals surface area contributed by atoms with E-state index in [1.807, 2.05) is 24.3 Å². The Kier molecular flexibility index (Phi) is 8.34. The van der Waals surface area contributed by atoms with Gasteiger partial charge in [0, 0.05) is 0 Å². The largest absolute Gasteiger partial charge is 0.508 e. The highest BCUT2D eigenvalue weighted by Gasteiger charge is 2.32. The van der Waals surface area contributed by atoms with Crippen LogP contribution in [0.3, 0.4) is 0 Å². The first-order chi connectivity index (χ1) is 13.2. The molecule has 2 aromatic carbocycles. The van der Waals surface area contributed by atoms with E-state index >= 15 is 0 Å². The predicted octanol–water partition coefficient (Wildman–Crippen LogP) is 6.48. The number of phenolic OH excluding ortho intramolecular Hbond substituents is 2. The fourth-order valence-electron chi connectivity index (χ4n) is 3.77. The molecule has 0 aliphatic carbocycles. The molecule has 28 heavy (non-hydrogen) atoms. The normalized spacial score (nSPS) is 12.3. The average Bonchev–Trinajstić information content (AvgIpc) is 2.61.